The van der Waals surface area contributed by atoms with Crippen LogP contribution in [0.2, 0.25) is 5.02 Å². The van der Waals surface area contributed by atoms with Crippen molar-refractivity contribution in [1.82, 2.24) is 4.90 Å². The van der Waals surface area contributed by atoms with E-state index in [0.29, 0.717) is 35.3 Å². The number of hydrogen-bond acceptors (Lipinski definition) is 3. The quantitative estimate of drug-likeness (QED) is 0.444. The van der Waals surface area contributed by atoms with Gasteiger partial charge < -0.3 is 4.90 Å². The Balaban J connectivity index is 1.52. The molecular weight excluding hydrogens is 468 g/mol. The Labute approximate surface area is 207 Å². The summed E-state index contributed by atoms with van der Waals surface area (Å²) in [5.41, 5.74) is 2.35. The van der Waals surface area contributed by atoms with Gasteiger partial charge in [-0.15, -0.1) is 0 Å². The molecule has 0 atom stereocenters. The Morgan fingerprint density at radius 3 is 2.21 bits per heavy atom. The Morgan fingerprint density at radius 1 is 0.941 bits per heavy atom. The van der Waals surface area contributed by atoms with E-state index in [4.69, 9.17) is 11.6 Å². The van der Waals surface area contributed by atoms with Crippen molar-refractivity contribution in [1.29, 1.82) is 0 Å². The number of hydrogen-bond donors (Lipinski definition) is 0. The lowest BCUT2D eigenvalue weighted by Gasteiger charge is -2.34. The fraction of sp³-hybridized carbons (Fsp3) is 0.296. The summed E-state index contributed by atoms with van der Waals surface area (Å²) in [7, 11) is -3.95. The molecule has 0 N–H and O–H groups in total. The minimum Gasteiger partial charge on any atom is -0.341 e. The molecule has 1 amide bonds. The number of halogens is 1. The standard InChI is InChI=1S/C27H29ClN2O3S/c1-21-25(28)13-8-14-26(21)30(34(32,33)24-11-6-3-7-12-24)20-27(31)29-17-15-23(16-18-29)19-22-9-4-2-5-10-22/h2-14,23H,15-20H2,1H3. The number of amides is 1. The molecule has 0 unspecified atom stereocenters. The number of likely N-dealkylation sites (tertiary alicyclic amines) is 1. The van der Waals surface area contributed by atoms with Crippen molar-refractivity contribution in [3.05, 3.63) is 95.0 Å². The van der Waals surface area contributed by atoms with E-state index in [2.05, 4.69) is 12.1 Å². The van der Waals surface area contributed by atoms with Crippen LogP contribution in [0.1, 0.15) is 24.0 Å². The van der Waals surface area contributed by atoms with Crippen LogP contribution in [0.4, 0.5) is 5.69 Å². The van der Waals surface area contributed by atoms with Crippen LogP contribution in [0.25, 0.3) is 0 Å². The van der Waals surface area contributed by atoms with E-state index in [0.717, 1.165) is 19.3 Å². The molecule has 1 aliphatic heterocycles. The van der Waals surface area contributed by atoms with Gasteiger partial charge >= 0.3 is 0 Å². The summed E-state index contributed by atoms with van der Waals surface area (Å²) in [5, 5.41) is 0.458. The molecule has 1 fully saturated rings. The molecule has 34 heavy (non-hydrogen) atoms. The molecule has 7 heteroatoms. The highest BCUT2D eigenvalue weighted by Gasteiger charge is 2.31. The number of carbonyl (C=O) groups is 1. The summed E-state index contributed by atoms with van der Waals surface area (Å²) in [6.45, 7) is 2.76. The second-order valence-electron chi connectivity index (χ2n) is 8.72. The van der Waals surface area contributed by atoms with Crippen LogP contribution in [-0.4, -0.2) is 38.9 Å². The Morgan fingerprint density at radius 2 is 1.56 bits per heavy atom. The zero-order valence-corrected chi connectivity index (χ0v) is 20.8. The lowest BCUT2D eigenvalue weighted by atomic mass is 9.90. The summed E-state index contributed by atoms with van der Waals surface area (Å²) >= 11 is 6.30. The second kappa shape index (κ2) is 10.6. The van der Waals surface area contributed by atoms with E-state index in [-0.39, 0.29) is 17.3 Å². The summed E-state index contributed by atoms with van der Waals surface area (Å²) < 4.78 is 28.4. The van der Waals surface area contributed by atoms with Crippen LogP contribution in [0.3, 0.4) is 0 Å². The maximum Gasteiger partial charge on any atom is 0.264 e. The number of nitrogens with zero attached hydrogens (tertiary/aromatic N) is 2. The van der Waals surface area contributed by atoms with Gasteiger partial charge in [-0.25, -0.2) is 8.42 Å². The van der Waals surface area contributed by atoms with E-state index in [1.54, 1.807) is 60.4 Å². The van der Waals surface area contributed by atoms with Gasteiger partial charge in [-0.05, 0) is 67.5 Å². The third-order valence-corrected chi connectivity index (χ3v) is 8.64. The third kappa shape index (κ3) is 5.45. The molecule has 0 radical (unpaired) electrons. The molecule has 4 rings (SSSR count). The molecule has 0 spiro atoms. The minimum atomic E-state index is -3.95. The SMILES string of the molecule is Cc1c(Cl)cccc1N(CC(=O)N1CCC(Cc2ccccc2)CC1)S(=O)(=O)c1ccccc1. The Hall–Kier alpha value is -2.83. The van der Waals surface area contributed by atoms with Crippen molar-refractivity contribution in [2.45, 2.75) is 31.1 Å². The molecule has 0 bridgehead atoms. The summed E-state index contributed by atoms with van der Waals surface area (Å²) in [4.78, 5) is 15.2. The van der Waals surface area contributed by atoms with E-state index in [9.17, 15) is 13.2 Å². The molecule has 1 aliphatic rings. The van der Waals surface area contributed by atoms with Gasteiger partial charge in [0.1, 0.15) is 6.54 Å². The number of benzene rings is 3. The van der Waals surface area contributed by atoms with Crippen LogP contribution in [0.5, 0.6) is 0 Å². The van der Waals surface area contributed by atoms with Gasteiger partial charge in [0.15, 0.2) is 0 Å². The Kier molecular flexibility index (Phi) is 7.59. The lowest BCUT2D eigenvalue weighted by molar-refractivity contribution is -0.130. The Bertz CT molecular complexity index is 1230. The maximum atomic E-state index is 13.6. The van der Waals surface area contributed by atoms with Gasteiger partial charge in [0, 0.05) is 18.1 Å². The number of rotatable bonds is 7. The summed E-state index contributed by atoms with van der Waals surface area (Å²) in [6.07, 6.45) is 2.81. The van der Waals surface area contributed by atoms with Crippen molar-refractivity contribution < 1.29 is 13.2 Å². The van der Waals surface area contributed by atoms with Crippen molar-refractivity contribution in [3.8, 4) is 0 Å². The first kappa shape index (κ1) is 24.3. The monoisotopic (exact) mass is 496 g/mol. The zero-order chi connectivity index (χ0) is 24.1. The molecule has 1 saturated heterocycles. The first-order chi connectivity index (χ1) is 16.4. The van der Waals surface area contributed by atoms with Crippen LogP contribution in [0.15, 0.2) is 83.8 Å². The number of sulfonamides is 1. The lowest BCUT2D eigenvalue weighted by Crippen LogP contribution is -2.46. The summed E-state index contributed by atoms with van der Waals surface area (Å²) in [5.74, 6) is 0.322. The first-order valence-corrected chi connectivity index (χ1v) is 13.3. The van der Waals surface area contributed by atoms with E-state index in [1.165, 1.54) is 9.87 Å². The highest BCUT2D eigenvalue weighted by atomic mass is 35.5. The predicted molar refractivity (Wildman–Crippen MR) is 137 cm³/mol. The molecule has 0 aromatic heterocycles. The molecule has 178 valence electrons. The van der Waals surface area contributed by atoms with Gasteiger partial charge in [0.2, 0.25) is 5.91 Å². The second-order valence-corrected chi connectivity index (χ2v) is 11.0. The van der Waals surface area contributed by atoms with Crippen LogP contribution < -0.4 is 4.31 Å². The normalized spacial score (nSPS) is 14.7. The van der Waals surface area contributed by atoms with Crippen LogP contribution in [0, 0.1) is 12.8 Å². The van der Waals surface area contributed by atoms with Crippen molar-refractivity contribution >= 4 is 33.2 Å². The van der Waals surface area contributed by atoms with E-state index >= 15 is 0 Å². The molecule has 3 aromatic carbocycles. The first-order valence-electron chi connectivity index (χ1n) is 11.5. The number of carbonyl (C=O) groups excluding carboxylic acids is 1. The molecule has 3 aromatic rings. The molecule has 0 aliphatic carbocycles. The van der Waals surface area contributed by atoms with Gasteiger partial charge in [0.25, 0.3) is 10.0 Å². The summed E-state index contributed by atoms with van der Waals surface area (Å²) in [6, 6.07) is 23.7. The predicted octanol–water partition coefficient (Wildman–Crippen LogP) is 5.33. The highest BCUT2D eigenvalue weighted by Crippen LogP contribution is 2.31. The molecular formula is C27H29ClN2O3S. The molecule has 0 saturated carbocycles. The average molecular weight is 497 g/mol. The fourth-order valence-corrected chi connectivity index (χ4v) is 6.10. The minimum absolute atomic E-state index is 0.142. The molecule has 5 nitrogen and oxygen atoms in total. The van der Waals surface area contributed by atoms with Gasteiger partial charge in [0.05, 0.1) is 10.6 Å². The highest BCUT2D eigenvalue weighted by molar-refractivity contribution is 7.92. The maximum absolute atomic E-state index is 13.6. The third-order valence-electron chi connectivity index (χ3n) is 6.45. The van der Waals surface area contributed by atoms with Crippen molar-refractivity contribution in [2.75, 3.05) is 23.9 Å². The van der Waals surface area contributed by atoms with Crippen molar-refractivity contribution in [3.63, 3.8) is 0 Å². The average Bonchev–Trinajstić information content (AvgIpc) is 2.86. The van der Waals surface area contributed by atoms with Gasteiger partial charge in [-0.2, -0.15) is 0 Å². The largest absolute Gasteiger partial charge is 0.341 e. The van der Waals surface area contributed by atoms with Gasteiger partial charge in [-0.1, -0.05) is 66.2 Å². The molecule has 1 heterocycles. The topological polar surface area (TPSA) is 57.7 Å². The van der Waals surface area contributed by atoms with E-state index in [1.807, 2.05) is 18.2 Å². The fourth-order valence-electron chi connectivity index (χ4n) is 4.44. The smallest absolute Gasteiger partial charge is 0.264 e. The number of anilines is 1. The van der Waals surface area contributed by atoms with Crippen LogP contribution in [-0.2, 0) is 21.2 Å². The number of piperidine rings is 1. The van der Waals surface area contributed by atoms with Crippen LogP contribution >= 0.6 is 11.6 Å². The van der Waals surface area contributed by atoms with E-state index < -0.39 is 10.0 Å². The zero-order valence-electron chi connectivity index (χ0n) is 19.2. The van der Waals surface area contributed by atoms with Gasteiger partial charge in [-0.3, -0.25) is 9.10 Å². The van der Waals surface area contributed by atoms with Crippen molar-refractivity contribution in [2.24, 2.45) is 5.92 Å².